The zero-order valence-electron chi connectivity index (χ0n) is 16.0. The van der Waals surface area contributed by atoms with E-state index in [0.717, 1.165) is 36.5 Å². The number of benzene rings is 2. The summed E-state index contributed by atoms with van der Waals surface area (Å²) in [5.41, 5.74) is 1.88. The van der Waals surface area contributed by atoms with Gasteiger partial charge in [-0.3, -0.25) is 4.79 Å². The number of aromatic nitrogens is 2. The van der Waals surface area contributed by atoms with Gasteiger partial charge >= 0.3 is 0 Å². The van der Waals surface area contributed by atoms with Gasteiger partial charge in [-0.15, -0.1) is 10.2 Å². The van der Waals surface area contributed by atoms with Crippen LogP contribution in [0.4, 0.5) is 15.9 Å². The van der Waals surface area contributed by atoms with E-state index in [1.54, 1.807) is 12.1 Å². The predicted molar refractivity (Wildman–Crippen MR) is 120 cm³/mol. The summed E-state index contributed by atoms with van der Waals surface area (Å²) in [6.45, 7) is 1.31. The summed E-state index contributed by atoms with van der Waals surface area (Å²) in [4.78, 5) is 14.7. The molecule has 1 aliphatic rings. The molecule has 1 N–H and O–H groups in total. The quantitative estimate of drug-likeness (QED) is 0.522. The van der Waals surface area contributed by atoms with Gasteiger partial charge in [0.25, 0.3) is 0 Å². The van der Waals surface area contributed by atoms with Gasteiger partial charge in [0.2, 0.25) is 5.91 Å². The fourth-order valence-electron chi connectivity index (χ4n) is 3.49. The summed E-state index contributed by atoms with van der Waals surface area (Å²) in [7, 11) is 0. The molecule has 1 saturated heterocycles. The maximum atomic E-state index is 14.0. The molecule has 2 aromatic carbocycles. The highest BCUT2D eigenvalue weighted by atomic mass is 79.9. The lowest BCUT2D eigenvalue weighted by atomic mass is 9.97. The van der Waals surface area contributed by atoms with Crippen LogP contribution in [-0.2, 0) is 4.79 Å². The van der Waals surface area contributed by atoms with E-state index in [1.165, 1.54) is 6.07 Å². The van der Waals surface area contributed by atoms with E-state index in [1.807, 2.05) is 41.3 Å². The molecule has 1 unspecified atom stereocenters. The molecule has 0 radical (unpaired) electrons. The topological polar surface area (TPSA) is 58.1 Å². The lowest BCUT2D eigenvalue weighted by Crippen LogP contribution is -2.41. The van der Waals surface area contributed by atoms with Crippen molar-refractivity contribution in [3.63, 3.8) is 0 Å². The number of nitrogens with zero attached hydrogens (tertiary/aromatic N) is 3. The standard InChI is InChI=1S/C22H19BrClFN4O/c23-16-5-8-20(18(25)12-16)26-22(30)15-2-1-11-29(13-15)21-10-9-19(27-28-21)14-3-6-17(24)7-4-14/h3-10,12,15H,1-2,11,13H2,(H,26,30). The van der Waals surface area contributed by atoms with Crippen LogP contribution in [0.1, 0.15) is 12.8 Å². The van der Waals surface area contributed by atoms with Crippen molar-refractivity contribution in [1.29, 1.82) is 0 Å². The summed E-state index contributed by atoms with van der Waals surface area (Å²) in [6, 6.07) is 15.8. The first kappa shape index (κ1) is 20.8. The summed E-state index contributed by atoms with van der Waals surface area (Å²) in [5, 5.41) is 12.0. The fourth-order valence-corrected chi connectivity index (χ4v) is 3.95. The zero-order chi connectivity index (χ0) is 21.1. The Balaban J connectivity index is 1.43. The second-order valence-corrected chi connectivity index (χ2v) is 8.53. The van der Waals surface area contributed by atoms with E-state index in [2.05, 4.69) is 31.4 Å². The molecular weight excluding hydrogens is 471 g/mol. The van der Waals surface area contributed by atoms with E-state index in [4.69, 9.17) is 11.6 Å². The Hall–Kier alpha value is -2.51. The average Bonchev–Trinajstić information content (AvgIpc) is 2.76. The van der Waals surface area contributed by atoms with Crippen molar-refractivity contribution >= 4 is 44.9 Å². The normalized spacial score (nSPS) is 16.4. The molecule has 4 rings (SSSR count). The predicted octanol–water partition coefficient (Wildman–Crippen LogP) is 5.55. The van der Waals surface area contributed by atoms with Crippen molar-refractivity contribution in [3.05, 3.63) is 69.9 Å². The van der Waals surface area contributed by atoms with Crippen molar-refractivity contribution in [1.82, 2.24) is 10.2 Å². The van der Waals surface area contributed by atoms with Crippen molar-refractivity contribution in [2.24, 2.45) is 5.92 Å². The molecule has 3 aromatic rings. The highest BCUT2D eigenvalue weighted by Crippen LogP contribution is 2.26. The number of piperidine rings is 1. The molecule has 154 valence electrons. The molecule has 30 heavy (non-hydrogen) atoms. The second kappa shape index (κ2) is 9.10. The van der Waals surface area contributed by atoms with Gasteiger partial charge in [0.05, 0.1) is 17.3 Å². The Labute approximate surface area is 187 Å². The third-order valence-electron chi connectivity index (χ3n) is 5.10. The number of nitrogens with one attached hydrogen (secondary N) is 1. The zero-order valence-corrected chi connectivity index (χ0v) is 18.3. The van der Waals surface area contributed by atoms with Crippen LogP contribution < -0.4 is 10.2 Å². The van der Waals surface area contributed by atoms with E-state index in [0.29, 0.717) is 16.0 Å². The fraction of sp³-hybridized carbons (Fsp3) is 0.227. The first-order valence-corrected chi connectivity index (χ1v) is 10.8. The van der Waals surface area contributed by atoms with Crippen LogP contribution in [0.15, 0.2) is 59.1 Å². The first-order chi connectivity index (χ1) is 14.5. The number of halogens is 3. The van der Waals surface area contributed by atoms with Gasteiger partial charge in [0.1, 0.15) is 5.82 Å². The molecule has 2 heterocycles. The number of carbonyl (C=O) groups excluding carboxylic acids is 1. The number of anilines is 2. The molecule has 0 spiro atoms. The number of hydrogen-bond donors (Lipinski definition) is 1. The Kier molecular flexibility index (Phi) is 6.29. The molecule has 0 saturated carbocycles. The molecule has 1 aromatic heterocycles. The molecule has 5 nitrogen and oxygen atoms in total. The average molecular weight is 490 g/mol. The van der Waals surface area contributed by atoms with Gasteiger partial charge in [-0.25, -0.2) is 4.39 Å². The van der Waals surface area contributed by atoms with Crippen LogP contribution in [0.5, 0.6) is 0 Å². The maximum absolute atomic E-state index is 14.0. The second-order valence-electron chi connectivity index (χ2n) is 7.18. The van der Waals surface area contributed by atoms with E-state index in [9.17, 15) is 9.18 Å². The first-order valence-electron chi connectivity index (χ1n) is 9.60. The summed E-state index contributed by atoms with van der Waals surface area (Å²) >= 11 is 9.15. The lowest BCUT2D eigenvalue weighted by Gasteiger charge is -2.32. The summed E-state index contributed by atoms with van der Waals surface area (Å²) in [5.74, 6) is -0.180. The van der Waals surface area contributed by atoms with Gasteiger partial charge in [0.15, 0.2) is 5.82 Å². The van der Waals surface area contributed by atoms with Crippen molar-refractivity contribution in [2.45, 2.75) is 12.8 Å². The summed E-state index contributed by atoms with van der Waals surface area (Å²) in [6.07, 6.45) is 1.60. The number of hydrogen-bond acceptors (Lipinski definition) is 4. The van der Waals surface area contributed by atoms with Gasteiger partial charge < -0.3 is 10.2 Å². The molecule has 1 amide bonds. The number of carbonyl (C=O) groups is 1. The number of amides is 1. The Morgan fingerprint density at radius 2 is 1.93 bits per heavy atom. The molecule has 1 atom stereocenters. The molecule has 1 fully saturated rings. The van der Waals surface area contributed by atoms with Gasteiger partial charge in [-0.1, -0.05) is 39.7 Å². The molecule has 0 bridgehead atoms. The monoisotopic (exact) mass is 488 g/mol. The smallest absolute Gasteiger partial charge is 0.229 e. The van der Waals surface area contributed by atoms with Crippen molar-refractivity contribution in [3.8, 4) is 11.3 Å². The van der Waals surface area contributed by atoms with E-state index in [-0.39, 0.29) is 17.5 Å². The highest BCUT2D eigenvalue weighted by molar-refractivity contribution is 9.10. The SMILES string of the molecule is O=C(Nc1ccc(Br)cc1F)C1CCCN(c2ccc(-c3ccc(Cl)cc3)nn2)C1. The van der Waals surface area contributed by atoms with Crippen molar-refractivity contribution < 1.29 is 9.18 Å². The minimum absolute atomic E-state index is 0.187. The van der Waals surface area contributed by atoms with Gasteiger partial charge in [-0.2, -0.15) is 0 Å². The van der Waals surface area contributed by atoms with Crippen LogP contribution in [0.2, 0.25) is 5.02 Å². The largest absolute Gasteiger partial charge is 0.354 e. The van der Waals surface area contributed by atoms with Crippen LogP contribution in [0.25, 0.3) is 11.3 Å². The van der Waals surface area contributed by atoms with Crippen LogP contribution >= 0.6 is 27.5 Å². The molecule has 1 aliphatic heterocycles. The Bertz CT molecular complexity index is 1050. The molecule has 8 heteroatoms. The van der Waals surface area contributed by atoms with Gasteiger partial charge in [0, 0.05) is 28.1 Å². The summed E-state index contributed by atoms with van der Waals surface area (Å²) < 4.78 is 14.7. The Morgan fingerprint density at radius 1 is 1.13 bits per heavy atom. The third-order valence-corrected chi connectivity index (χ3v) is 5.84. The third kappa shape index (κ3) is 4.79. The maximum Gasteiger partial charge on any atom is 0.229 e. The molecule has 0 aliphatic carbocycles. The van der Waals surface area contributed by atoms with E-state index < -0.39 is 5.82 Å². The minimum Gasteiger partial charge on any atom is -0.354 e. The minimum atomic E-state index is -0.464. The van der Waals surface area contributed by atoms with Crippen LogP contribution in [0.3, 0.4) is 0 Å². The van der Waals surface area contributed by atoms with Crippen molar-refractivity contribution in [2.75, 3.05) is 23.3 Å². The number of rotatable bonds is 4. The van der Waals surface area contributed by atoms with E-state index >= 15 is 0 Å². The van der Waals surface area contributed by atoms with Gasteiger partial charge in [-0.05, 0) is 55.3 Å². The van der Waals surface area contributed by atoms with Crippen LogP contribution in [-0.4, -0.2) is 29.2 Å². The lowest BCUT2D eigenvalue weighted by molar-refractivity contribution is -0.120. The molecular formula is C22H19BrClFN4O. The highest BCUT2D eigenvalue weighted by Gasteiger charge is 2.27. The van der Waals surface area contributed by atoms with Crippen LogP contribution in [0, 0.1) is 11.7 Å². The Morgan fingerprint density at radius 3 is 2.63 bits per heavy atom.